The van der Waals surface area contributed by atoms with Gasteiger partial charge >= 0.3 is 0 Å². The SMILES string of the molecule is CCC(Oc1ccc(C(N)=O)cn1)c1c(-c2ccc(F)cn2)noc1C. The van der Waals surface area contributed by atoms with Gasteiger partial charge in [-0.3, -0.25) is 9.78 Å². The molecular weight excluding hydrogens is 339 g/mol. The third kappa shape index (κ3) is 3.53. The number of carbonyl (C=O) groups is 1. The molecule has 7 nitrogen and oxygen atoms in total. The molecule has 1 atom stereocenters. The highest BCUT2D eigenvalue weighted by Crippen LogP contribution is 2.33. The summed E-state index contributed by atoms with van der Waals surface area (Å²) in [7, 11) is 0. The molecule has 0 aliphatic carbocycles. The Balaban J connectivity index is 1.92. The van der Waals surface area contributed by atoms with Crippen molar-refractivity contribution in [3.05, 3.63) is 59.4 Å². The molecule has 3 aromatic rings. The first kappa shape index (κ1) is 17.5. The molecule has 8 heteroatoms. The van der Waals surface area contributed by atoms with Crippen LogP contribution >= 0.6 is 0 Å². The first-order valence-corrected chi connectivity index (χ1v) is 8.00. The highest BCUT2D eigenvalue weighted by Gasteiger charge is 2.25. The van der Waals surface area contributed by atoms with Crippen molar-refractivity contribution in [2.45, 2.75) is 26.4 Å². The smallest absolute Gasteiger partial charge is 0.250 e. The summed E-state index contributed by atoms with van der Waals surface area (Å²) >= 11 is 0. The standard InChI is InChI=1S/C18H17FN4O3/c1-3-14(25-15-7-4-11(8-22-15)18(20)24)16-10(2)26-23-17(16)13-6-5-12(19)9-21-13/h4-9,14H,3H2,1-2H3,(H2,20,24). The first-order chi connectivity index (χ1) is 12.5. The summed E-state index contributed by atoms with van der Waals surface area (Å²) in [5.41, 5.74) is 7.19. The van der Waals surface area contributed by atoms with Crippen LogP contribution in [0, 0.1) is 12.7 Å². The molecule has 0 spiro atoms. The molecule has 0 aliphatic rings. The number of nitrogens with zero attached hydrogens (tertiary/aromatic N) is 3. The lowest BCUT2D eigenvalue weighted by molar-refractivity contribution is 0.0999. The molecule has 0 saturated carbocycles. The fourth-order valence-corrected chi connectivity index (χ4v) is 2.55. The average molecular weight is 356 g/mol. The van der Waals surface area contributed by atoms with Crippen molar-refractivity contribution in [2.24, 2.45) is 5.73 Å². The number of amides is 1. The van der Waals surface area contributed by atoms with Crippen molar-refractivity contribution >= 4 is 5.91 Å². The molecule has 26 heavy (non-hydrogen) atoms. The zero-order chi connectivity index (χ0) is 18.7. The van der Waals surface area contributed by atoms with E-state index in [9.17, 15) is 9.18 Å². The van der Waals surface area contributed by atoms with Crippen LogP contribution in [0.1, 0.15) is 41.1 Å². The van der Waals surface area contributed by atoms with Crippen molar-refractivity contribution in [2.75, 3.05) is 0 Å². The number of rotatable bonds is 6. The van der Waals surface area contributed by atoms with Gasteiger partial charge in [-0.2, -0.15) is 0 Å². The topological polar surface area (TPSA) is 104 Å². The summed E-state index contributed by atoms with van der Waals surface area (Å²) in [6.07, 6.45) is 2.67. The number of ether oxygens (including phenoxy) is 1. The van der Waals surface area contributed by atoms with Crippen LogP contribution in [-0.4, -0.2) is 21.0 Å². The molecule has 1 unspecified atom stereocenters. The molecule has 134 valence electrons. The normalized spacial score (nSPS) is 12.0. The summed E-state index contributed by atoms with van der Waals surface area (Å²) < 4.78 is 24.4. The Bertz CT molecular complexity index is 907. The van der Waals surface area contributed by atoms with Crippen LogP contribution in [0.25, 0.3) is 11.4 Å². The number of carbonyl (C=O) groups excluding carboxylic acids is 1. The van der Waals surface area contributed by atoms with Crippen LogP contribution in [0.3, 0.4) is 0 Å². The predicted molar refractivity (Wildman–Crippen MR) is 90.8 cm³/mol. The number of nitrogens with two attached hydrogens (primary N) is 1. The highest BCUT2D eigenvalue weighted by molar-refractivity contribution is 5.92. The van der Waals surface area contributed by atoms with Gasteiger partial charge in [-0.05, 0) is 31.5 Å². The van der Waals surface area contributed by atoms with Gasteiger partial charge in [0.15, 0.2) is 0 Å². The summed E-state index contributed by atoms with van der Waals surface area (Å²) in [6, 6.07) is 5.95. The Morgan fingerprint density at radius 3 is 2.65 bits per heavy atom. The van der Waals surface area contributed by atoms with Crippen molar-refractivity contribution in [3.63, 3.8) is 0 Å². The van der Waals surface area contributed by atoms with Gasteiger partial charge in [-0.25, -0.2) is 9.37 Å². The largest absolute Gasteiger partial charge is 0.469 e. The molecule has 3 rings (SSSR count). The van der Waals surface area contributed by atoms with Gasteiger partial charge in [-0.15, -0.1) is 0 Å². The highest BCUT2D eigenvalue weighted by atomic mass is 19.1. The van der Waals surface area contributed by atoms with Gasteiger partial charge in [-0.1, -0.05) is 12.1 Å². The predicted octanol–water partition coefficient (Wildman–Crippen LogP) is 3.21. The number of pyridine rings is 2. The lowest BCUT2D eigenvalue weighted by Gasteiger charge is -2.17. The number of hydrogen-bond donors (Lipinski definition) is 1. The first-order valence-electron chi connectivity index (χ1n) is 8.00. The number of aromatic nitrogens is 3. The van der Waals surface area contributed by atoms with Crippen LogP contribution in [0.2, 0.25) is 0 Å². The van der Waals surface area contributed by atoms with Gasteiger partial charge in [0.05, 0.1) is 23.0 Å². The van der Waals surface area contributed by atoms with Gasteiger partial charge < -0.3 is 15.0 Å². The van der Waals surface area contributed by atoms with Crippen LogP contribution in [0.5, 0.6) is 5.88 Å². The van der Waals surface area contributed by atoms with E-state index in [-0.39, 0.29) is 0 Å². The maximum absolute atomic E-state index is 13.1. The molecule has 0 aromatic carbocycles. The Labute approximate surface area is 149 Å². The van der Waals surface area contributed by atoms with E-state index in [1.165, 1.54) is 18.3 Å². The zero-order valence-corrected chi connectivity index (χ0v) is 14.3. The summed E-state index contributed by atoms with van der Waals surface area (Å²) in [4.78, 5) is 19.3. The van der Waals surface area contributed by atoms with E-state index in [1.54, 1.807) is 19.1 Å². The maximum atomic E-state index is 13.1. The minimum absolute atomic E-state index is 0.294. The van der Waals surface area contributed by atoms with Gasteiger partial charge in [0.1, 0.15) is 23.4 Å². The van der Waals surface area contributed by atoms with Gasteiger partial charge in [0.25, 0.3) is 0 Å². The number of halogens is 1. The van der Waals surface area contributed by atoms with E-state index in [0.29, 0.717) is 40.6 Å². The Morgan fingerprint density at radius 2 is 2.08 bits per heavy atom. The fraction of sp³-hybridized carbons (Fsp3) is 0.222. The third-order valence-corrected chi connectivity index (χ3v) is 3.85. The van der Waals surface area contributed by atoms with E-state index >= 15 is 0 Å². The molecule has 0 aliphatic heterocycles. The second kappa shape index (κ2) is 7.30. The third-order valence-electron chi connectivity index (χ3n) is 3.85. The quantitative estimate of drug-likeness (QED) is 0.727. The lowest BCUT2D eigenvalue weighted by atomic mass is 10.0. The monoisotopic (exact) mass is 356 g/mol. The van der Waals surface area contributed by atoms with Crippen LogP contribution in [0.15, 0.2) is 41.2 Å². The Morgan fingerprint density at radius 1 is 1.27 bits per heavy atom. The lowest BCUT2D eigenvalue weighted by Crippen LogP contribution is -2.12. The van der Waals surface area contributed by atoms with E-state index in [0.717, 1.165) is 6.20 Å². The molecule has 2 N–H and O–H groups in total. The van der Waals surface area contributed by atoms with E-state index < -0.39 is 17.8 Å². The summed E-state index contributed by atoms with van der Waals surface area (Å²) in [6.45, 7) is 3.71. The van der Waals surface area contributed by atoms with Crippen molar-refractivity contribution in [1.82, 2.24) is 15.1 Å². The summed E-state index contributed by atoms with van der Waals surface area (Å²) in [5, 5.41) is 4.04. The Hall–Kier alpha value is -3.29. The minimum Gasteiger partial charge on any atom is -0.469 e. The van der Waals surface area contributed by atoms with E-state index in [4.69, 9.17) is 15.0 Å². The second-order valence-corrected chi connectivity index (χ2v) is 5.63. The number of primary amides is 1. The molecule has 1 amide bonds. The molecular formula is C18H17FN4O3. The van der Waals surface area contributed by atoms with Crippen molar-refractivity contribution in [1.29, 1.82) is 0 Å². The molecule has 3 aromatic heterocycles. The average Bonchev–Trinajstić information content (AvgIpc) is 3.02. The Kier molecular flexibility index (Phi) is 4.92. The van der Waals surface area contributed by atoms with E-state index in [1.807, 2.05) is 6.92 Å². The summed E-state index contributed by atoms with van der Waals surface area (Å²) in [5.74, 6) is -0.0830. The molecule has 0 fully saturated rings. The van der Waals surface area contributed by atoms with Gasteiger partial charge in [0, 0.05) is 12.3 Å². The van der Waals surface area contributed by atoms with Gasteiger partial charge in [0.2, 0.25) is 11.8 Å². The zero-order valence-electron chi connectivity index (χ0n) is 14.3. The van der Waals surface area contributed by atoms with Crippen LogP contribution < -0.4 is 10.5 Å². The minimum atomic E-state index is -0.560. The number of hydrogen-bond acceptors (Lipinski definition) is 6. The molecule has 3 heterocycles. The van der Waals surface area contributed by atoms with Crippen molar-refractivity contribution in [3.8, 4) is 17.3 Å². The maximum Gasteiger partial charge on any atom is 0.250 e. The fourth-order valence-electron chi connectivity index (χ4n) is 2.55. The second-order valence-electron chi connectivity index (χ2n) is 5.63. The molecule has 0 saturated heterocycles. The van der Waals surface area contributed by atoms with Crippen LogP contribution in [0.4, 0.5) is 4.39 Å². The van der Waals surface area contributed by atoms with E-state index in [2.05, 4.69) is 15.1 Å². The van der Waals surface area contributed by atoms with Crippen molar-refractivity contribution < 1.29 is 18.4 Å². The number of aryl methyl sites for hydroxylation is 1. The van der Waals surface area contributed by atoms with Crippen LogP contribution in [-0.2, 0) is 0 Å². The molecule has 0 bridgehead atoms. The molecule has 0 radical (unpaired) electrons.